The third-order valence-corrected chi connectivity index (χ3v) is 5.10. The van der Waals surface area contributed by atoms with Gasteiger partial charge in [-0.05, 0) is 25.3 Å². The SMILES string of the molecule is CCCCCCOc1c(OCCCC)c2ccc([N+](=O)[O-])cc2n(CCCC)c1=O. The summed E-state index contributed by atoms with van der Waals surface area (Å²) in [5.41, 5.74) is 0.200. The maximum Gasteiger partial charge on any atom is 0.297 e. The molecule has 0 spiro atoms. The molecule has 7 nitrogen and oxygen atoms in total. The Morgan fingerprint density at radius 1 is 0.900 bits per heavy atom. The Labute approximate surface area is 178 Å². The van der Waals surface area contributed by atoms with Crippen molar-refractivity contribution in [2.45, 2.75) is 78.7 Å². The maximum atomic E-state index is 13.3. The second-order valence-electron chi connectivity index (χ2n) is 7.54. The first-order chi connectivity index (χ1) is 14.5. The number of aromatic nitrogens is 1. The molecule has 1 heterocycles. The van der Waals surface area contributed by atoms with Crippen LogP contribution >= 0.6 is 0 Å². The van der Waals surface area contributed by atoms with Crippen LogP contribution < -0.4 is 15.0 Å². The average Bonchev–Trinajstić information content (AvgIpc) is 2.74. The van der Waals surface area contributed by atoms with E-state index < -0.39 is 4.92 Å². The summed E-state index contributed by atoms with van der Waals surface area (Å²) in [6.07, 6.45) is 7.69. The van der Waals surface area contributed by atoms with Crippen LogP contribution in [0.5, 0.6) is 11.5 Å². The molecule has 0 atom stereocenters. The summed E-state index contributed by atoms with van der Waals surface area (Å²) >= 11 is 0. The Morgan fingerprint density at radius 3 is 2.23 bits per heavy atom. The molecule has 2 aromatic rings. The lowest BCUT2D eigenvalue weighted by molar-refractivity contribution is -0.384. The smallest absolute Gasteiger partial charge is 0.297 e. The van der Waals surface area contributed by atoms with E-state index in [0.717, 1.165) is 51.4 Å². The van der Waals surface area contributed by atoms with E-state index >= 15 is 0 Å². The van der Waals surface area contributed by atoms with Gasteiger partial charge < -0.3 is 14.0 Å². The third kappa shape index (κ3) is 5.97. The number of aryl methyl sites for hydroxylation is 1. The van der Waals surface area contributed by atoms with Crippen molar-refractivity contribution in [1.29, 1.82) is 0 Å². The summed E-state index contributed by atoms with van der Waals surface area (Å²) < 4.78 is 13.6. The van der Waals surface area contributed by atoms with E-state index in [4.69, 9.17) is 9.47 Å². The standard InChI is InChI=1S/C23H34N2O5/c1-4-7-10-11-16-30-22-21(29-15-9-6-3)19-13-12-18(25(27)28)17-20(19)24(23(22)26)14-8-5-2/h12-13,17H,4-11,14-16H2,1-3H3. The number of pyridine rings is 1. The highest BCUT2D eigenvalue weighted by atomic mass is 16.6. The average molecular weight is 419 g/mol. The minimum atomic E-state index is -0.441. The van der Waals surface area contributed by atoms with Crippen LogP contribution in [0.4, 0.5) is 5.69 Å². The number of nitro benzene ring substituents is 1. The monoisotopic (exact) mass is 418 g/mol. The molecule has 2 rings (SSSR count). The molecule has 1 aromatic heterocycles. The molecular weight excluding hydrogens is 384 g/mol. The van der Waals surface area contributed by atoms with Gasteiger partial charge in [0.2, 0.25) is 5.75 Å². The summed E-state index contributed by atoms with van der Waals surface area (Å²) in [7, 11) is 0. The molecule has 0 saturated carbocycles. The Bertz CT molecular complexity index is 891. The molecule has 0 amide bonds. The van der Waals surface area contributed by atoms with Crippen molar-refractivity contribution in [3.63, 3.8) is 0 Å². The van der Waals surface area contributed by atoms with E-state index in [2.05, 4.69) is 13.8 Å². The predicted molar refractivity (Wildman–Crippen MR) is 120 cm³/mol. The minimum Gasteiger partial charge on any atom is -0.489 e. The Kier molecular flexibility index (Phi) is 9.64. The molecule has 1 aromatic carbocycles. The van der Waals surface area contributed by atoms with E-state index in [9.17, 15) is 14.9 Å². The van der Waals surface area contributed by atoms with Crippen LogP contribution in [0.25, 0.3) is 10.9 Å². The fraction of sp³-hybridized carbons (Fsp3) is 0.609. The lowest BCUT2D eigenvalue weighted by Gasteiger charge is -2.18. The molecule has 30 heavy (non-hydrogen) atoms. The maximum absolute atomic E-state index is 13.3. The minimum absolute atomic E-state index is 0.0418. The van der Waals surface area contributed by atoms with Crippen LogP contribution in [-0.4, -0.2) is 22.7 Å². The van der Waals surface area contributed by atoms with Gasteiger partial charge in [-0.3, -0.25) is 14.9 Å². The van der Waals surface area contributed by atoms with Gasteiger partial charge in [0.05, 0.1) is 23.7 Å². The van der Waals surface area contributed by atoms with Crippen LogP contribution in [0.3, 0.4) is 0 Å². The summed E-state index contributed by atoms with van der Waals surface area (Å²) in [5.74, 6) is 0.627. The number of fused-ring (bicyclic) bond motifs is 1. The van der Waals surface area contributed by atoms with Crippen molar-refractivity contribution in [3.05, 3.63) is 38.7 Å². The molecular formula is C23H34N2O5. The molecule has 0 fully saturated rings. The molecule has 0 radical (unpaired) electrons. The van der Waals surface area contributed by atoms with Crippen molar-refractivity contribution < 1.29 is 14.4 Å². The van der Waals surface area contributed by atoms with Crippen LogP contribution in [0, 0.1) is 10.1 Å². The highest BCUT2D eigenvalue weighted by molar-refractivity contribution is 5.89. The zero-order valence-corrected chi connectivity index (χ0v) is 18.4. The molecule has 0 aliphatic rings. The summed E-state index contributed by atoms with van der Waals surface area (Å²) in [6.45, 7) is 7.66. The van der Waals surface area contributed by atoms with Crippen molar-refractivity contribution in [3.8, 4) is 11.5 Å². The molecule has 0 saturated heterocycles. The van der Waals surface area contributed by atoms with Gasteiger partial charge in [0, 0.05) is 24.1 Å². The van der Waals surface area contributed by atoms with Gasteiger partial charge in [0.15, 0.2) is 5.75 Å². The summed E-state index contributed by atoms with van der Waals surface area (Å²) in [4.78, 5) is 24.2. The quantitative estimate of drug-likeness (QED) is 0.218. The van der Waals surface area contributed by atoms with Crippen LogP contribution in [0.1, 0.15) is 72.1 Å². The Morgan fingerprint density at radius 2 is 1.57 bits per heavy atom. The zero-order chi connectivity index (χ0) is 21.9. The first kappa shape index (κ1) is 23.7. The fourth-order valence-corrected chi connectivity index (χ4v) is 3.33. The summed E-state index contributed by atoms with van der Waals surface area (Å²) in [6, 6.07) is 4.58. The molecule has 0 N–H and O–H groups in total. The number of benzene rings is 1. The zero-order valence-electron chi connectivity index (χ0n) is 18.4. The largest absolute Gasteiger partial charge is 0.489 e. The molecule has 7 heteroatoms. The summed E-state index contributed by atoms with van der Waals surface area (Å²) in [5, 5.41) is 12.0. The van der Waals surface area contributed by atoms with Gasteiger partial charge in [-0.15, -0.1) is 0 Å². The van der Waals surface area contributed by atoms with Crippen LogP contribution in [-0.2, 0) is 6.54 Å². The Balaban J connectivity index is 2.56. The molecule has 166 valence electrons. The molecule has 0 bridgehead atoms. The lowest BCUT2D eigenvalue weighted by Crippen LogP contribution is -2.24. The van der Waals surface area contributed by atoms with Gasteiger partial charge in [-0.2, -0.15) is 0 Å². The van der Waals surface area contributed by atoms with E-state index in [1.165, 1.54) is 12.1 Å². The van der Waals surface area contributed by atoms with Gasteiger partial charge in [-0.25, -0.2) is 0 Å². The fourth-order valence-electron chi connectivity index (χ4n) is 3.33. The number of nitro groups is 1. The topological polar surface area (TPSA) is 83.6 Å². The van der Waals surface area contributed by atoms with Gasteiger partial charge in [0.1, 0.15) is 0 Å². The van der Waals surface area contributed by atoms with Crippen LogP contribution in [0.2, 0.25) is 0 Å². The van der Waals surface area contributed by atoms with Crippen molar-refractivity contribution >= 4 is 16.6 Å². The van der Waals surface area contributed by atoms with E-state index in [0.29, 0.717) is 36.4 Å². The number of rotatable bonds is 14. The highest BCUT2D eigenvalue weighted by Gasteiger charge is 2.21. The normalized spacial score (nSPS) is 11.0. The van der Waals surface area contributed by atoms with Gasteiger partial charge in [0.25, 0.3) is 11.2 Å². The van der Waals surface area contributed by atoms with Crippen molar-refractivity contribution in [2.75, 3.05) is 13.2 Å². The lowest BCUT2D eigenvalue weighted by atomic mass is 10.1. The number of hydrogen-bond donors (Lipinski definition) is 0. The third-order valence-electron chi connectivity index (χ3n) is 5.10. The van der Waals surface area contributed by atoms with E-state index in [-0.39, 0.29) is 17.0 Å². The van der Waals surface area contributed by atoms with Crippen molar-refractivity contribution in [1.82, 2.24) is 4.57 Å². The predicted octanol–water partition coefficient (Wildman–Crippen LogP) is 5.85. The number of hydrogen-bond acceptors (Lipinski definition) is 5. The number of nitrogens with zero attached hydrogens (tertiary/aromatic N) is 2. The number of unbranched alkanes of at least 4 members (excludes halogenated alkanes) is 5. The Hall–Kier alpha value is -2.57. The second-order valence-corrected chi connectivity index (χ2v) is 7.54. The van der Waals surface area contributed by atoms with E-state index in [1.54, 1.807) is 10.6 Å². The molecule has 0 aliphatic carbocycles. The molecule has 0 aliphatic heterocycles. The second kappa shape index (κ2) is 12.2. The van der Waals surface area contributed by atoms with Gasteiger partial charge in [-0.1, -0.05) is 52.9 Å². The van der Waals surface area contributed by atoms with E-state index in [1.807, 2.05) is 6.92 Å². The number of ether oxygens (including phenoxy) is 2. The molecule has 0 unspecified atom stereocenters. The first-order valence-corrected chi connectivity index (χ1v) is 11.2. The number of non-ortho nitro benzene ring substituents is 1. The highest BCUT2D eigenvalue weighted by Crippen LogP contribution is 2.35. The van der Waals surface area contributed by atoms with Crippen LogP contribution in [0.15, 0.2) is 23.0 Å². The first-order valence-electron chi connectivity index (χ1n) is 11.2. The van der Waals surface area contributed by atoms with Crippen molar-refractivity contribution in [2.24, 2.45) is 0 Å². The van der Waals surface area contributed by atoms with Gasteiger partial charge >= 0.3 is 0 Å².